The molecule has 2 aromatic carbocycles. The molecule has 0 aliphatic rings. The van der Waals surface area contributed by atoms with Gasteiger partial charge < -0.3 is 14.8 Å². The van der Waals surface area contributed by atoms with Crippen molar-refractivity contribution in [2.24, 2.45) is 0 Å². The van der Waals surface area contributed by atoms with Crippen LogP contribution in [-0.4, -0.2) is 41.3 Å². The van der Waals surface area contributed by atoms with Gasteiger partial charge in [0.15, 0.2) is 11.5 Å². The first kappa shape index (κ1) is 21.8. The van der Waals surface area contributed by atoms with E-state index in [9.17, 15) is 13.2 Å². The number of anilines is 1. The minimum absolute atomic E-state index is 0.214. The highest BCUT2D eigenvalue weighted by Gasteiger charge is 2.21. The molecule has 0 aliphatic carbocycles. The summed E-state index contributed by atoms with van der Waals surface area (Å²) in [4.78, 5) is 12.4. The normalized spacial score (nSPS) is 11.0. The third kappa shape index (κ3) is 5.53. The predicted octanol–water partition coefficient (Wildman–Crippen LogP) is 2.75. The number of amides is 1. The van der Waals surface area contributed by atoms with Crippen molar-refractivity contribution in [3.63, 3.8) is 0 Å². The lowest BCUT2D eigenvalue weighted by molar-refractivity contribution is -0.119. The Labute approximate surface area is 170 Å². The predicted molar refractivity (Wildman–Crippen MR) is 110 cm³/mol. The van der Waals surface area contributed by atoms with Crippen molar-refractivity contribution >= 4 is 33.2 Å². The van der Waals surface area contributed by atoms with Crippen LogP contribution < -0.4 is 19.1 Å². The van der Waals surface area contributed by atoms with Gasteiger partial charge in [-0.2, -0.15) is 0 Å². The molecule has 2 aromatic rings. The summed E-state index contributed by atoms with van der Waals surface area (Å²) in [6.45, 7) is 1.67. The number of benzene rings is 2. The summed E-state index contributed by atoms with van der Waals surface area (Å²) < 4.78 is 35.8. The van der Waals surface area contributed by atoms with Crippen LogP contribution in [0.5, 0.6) is 11.5 Å². The molecular formula is C19H23ClN2O5S. The van der Waals surface area contributed by atoms with Crippen molar-refractivity contribution in [3.05, 3.63) is 52.5 Å². The van der Waals surface area contributed by atoms with E-state index in [4.69, 9.17) is 21.1 Å². The molecule has 0 fully saturated rings. The average molecular weight is 427 g/mol. The number of hydrogen-bond acceptors (Lipinski definition) is 5. The molecule has 28 heavy (non-hydrogen) atoms. The Morgan fingerprint density at radius 1 is 1.11 bits per heavy atom. The highest BCUT2D eigenvalue weighted by atomic mass is 35.5. The van der Waals surface area contributed by atoms with E-state index < -0.39 is 15.9 Å². The van der Waals surface area contributed by atoms with Gasteiger partial charge in [0.25, 0.3) is 0 Å². The molecule has 1 N–H and O–H groups in total. The molecule has 1 amide bonds. The van der Waals surface area contributed by atoms with E-state index >= 15 is 0 Å². The Bertz CT molecular complexity index is 963. The van der Waals surface area contributed by atoms with Crippen LogP contribution >= 0.6 is 11.6 Å². The molecule has 0 aliphatic heterocycles. The Hall–Kier alpha value is -2.45. The van der Waals surface area contributed by atoms with E-state index in [1.165, 1.54) is 20.3 Å². The van der Waals surface area contributed by atoms with Crippen LogP contribution in [0, 0.1) is 6.92 Å². The van der Waals surface area contributed by atoms with Gasteiger partial charge in [0.2, 0.25) is 15.9 Å². The zero-order valence-electron chi connectivity index (χ0n) is 16.2. The zero-order chi connectivity index (χ0) is 20.9. The molecule has 0 radical (unpaired) electrons. The monoisotopic (exact) mass is 426 g/mol. The largest absolute Gasteiger partial charge is 0.493 e. The van der Waals surface area contributed by atoms with E-state index in [1.54, 1.807) is 30.3 Å². The average Bonchev–Trinajstić information content (AvgIpc) is 2.65. The maximum atomic E-state index is 12.4. The number of hydrogen-bond donors (Lipinski definition) is 1. The number of aryl methyl sites for hydroxylation is 1. The summed E-state index contributed by atoms with van der Waals surface area (Å²) in [5, 5.41) is 3.14. The minimum atomic E-state index is -3.67. The first-order valence-electron chi connectivity index (χ1n) is 8.37. The van der Waals surface area contributed by atoms with E-state index in [0.717, 1.165) is 21.7 Å². The highest BCUT2D eigenvalue weighted by molar-refractivity contribution is 7.92. The van der Waals surface area contributed by atoms with Gasteiger partial charge in [-0.1, -0.05) is 23.7 Å². The van der Waals surface area contributed by atoms with Crippen molar-refractivity contribution < 1.29 is 22.7 Å². The van der Waals surface area contributed by atoms with Crippen molar-refractivity contribution in [1.82, 2.24) is 5.32 Å². The first-order chi connectivity index (χ1) is 13.2. The SMILES string of the molecule is COc1ccc(CNC(=O)CN(c2ccc(C)c(Cl)c2)S(C)(=O)=O)cc1OC. The number of halogens is 1. The minimum Gasteiger partial charge on any atom is -0.493 e. The van der Waals surface area contributed by atoms with Gasteiger partial charge in [-0.3, -0.25) is 9.10 Å². The number of rotatable bonds is 8. The van der Waals surface area contributed by atoms with Gasteiger partial charge in [-0.05, 0) is 42.3 Å². The molecule has 0 unspecified atom stereocenters. The third-order valence-electron chi connectivity index (χ3n) is 4.07. The molecule has 0 spiro atoms. The van der Waals surface area contributed by atoms with Crippen LogP contribution in [0.1, 0.15) is 11.1 Å². The lowest BCUT2D eigenvalue weighted by Gasteiger charge is -2.22. The first-order valence-corrected chi connectivity index (χ1v) is 10.6. The molecule has 0 aromatic heterocycles. The third-order valence-corrected chi connectivity index (χ3v) is 5.62. The molecule has 0 saturated heterocycles. The Balaban J connectivity index is 2.11. The van der Waals surface area contributed by atoms with E-state index in [0.29, 0.717) is 22.2 Å². The summed E-state index contributed by atoms with van der Waals surface area (Å²) in [7, 11) is -0.605. The number of carbonyl (C=O) groups is 1. The van der Waals surface area contributed by atoms with Gasteiger partial charge in [-0.25, -0.2) is 8.42 Å². The molecule has 0 heterocycles. The molecule has 9 heteroatoms. The van der Waals surface area contributed by atoms with Crippen LogP contribution in [0.4, 0.5) is 5.69 Å². The van der Waals surface area contributed by atoms with Gasteiger partial charge >= 0.3 is 0 Å². The van der Waals surface area contributed by atoms with Gasteiger partial charge in [-0.15, -0.1) is 0 Å². The smallest absolute Gasteiger partial charge is 0.241 e. The fourth-order valence-electron chi connectivity index (χ4n) is 2.51. The fourth-order valence-corrected chi connectivity index (χ4v) is 3.54. The fraction of sp³-hybridized carbons (Fsp3) is 0.316. The van der Waals surface area contributed by atoms with Crippen molar-refractivity contribution in [2.45, 2.75) is 13.5 Å². The van der Waals surface area contributed by atoms with Gasteiger partial charge in [0.05, 0.1) is 26.2 Å². The summed E-state index contributed by atoms with van der Waals surface area (Å²) in [6, 6.07) is 10.1. The zero-order valence-corrected chi connectivity index (χ0v) is 17.7. The number of methoxy groups -OCH3 is 2. The second-order valence-electron chi connectivity index (χ2n) is 6.17. The Morgan fingerprint density at radius 2 is 1.79 bits per heavy atom. The number of carbonyl (C=O) groups excluding carboxylic acids is 1. The second kappa shape index (κ2) is 9.16. The summed E-state index contributed by atoms with van der Waals surface area (Å²) in [5.41, 5.74) is 1.94. The van der Waals surface area contributed by atoms with Crippen molar-refractivity contribution in [3.8, 4) is 11.5 Å². The molecular weight excluding hydrogens is 404 g/mol. The van der Waals surface area contributed by atoms with Crippen LogP contribution in [-0.2, 0) is 21.4 Å². The van der Waals surface area contributed by atoms with Gasteiger partial charge in [0, 0.05) is 11.6 Å². The summed E-state index contributed by atoms with van der Waals surface area (Å²) >= 11 is 6.09. The molecule has 0 bridgehead atoms. The summed E-state index contributed by atoms with van der Waals surface area (Å²) in [5.74, 6) is 0.676. The molecule has 0 saturated carbocycles. The maximum Gasteiger partial charge on any atom is 0.241 e. The molecule has 152 valence electrons. The highest BCUT2D eigenvalue weighted by Crippen LogP contribution is 2.27. The van der Waals surface area contributed by atoms with E-state index in [1.807, 2.05) is 6.92 Å². The standard InChI is InChI=1S/C19H23ClN2O5S/c1-13-5-7-15(10-16(13)20)22(28(4,24)25)12-19(23)21-11-14-6-8-17(26-2)18(9-14)27-3/h5-10H,11-12H2,1-4H3,(H,21,23). The van der Waals surface area contributed by atoms with Crippen LogP contribution in [0.25, 0.3) is 0 Å². The number of nitrogens with one attached hydrogen (secondary N) is 1. The van der Waals surface area contributed by atoms with Crippen LogP contribution in [0.2, 0.25) is 5.02 Å². The van der Waals surface area contributed by atoms with E-state index in [-0.39, 0.29) is 13.1 Å². The Morgan fingerprint density at radius 3 is 2.36 bits per heavy atom. The molecule has 7 nitrogen and oxygen atoms in total. The number of nitrogens with zero attached hydrogens (tertiary/aromatic N) is 1. The lowest BCUT2D eigenvalue weighted by Crippen LogP contribution is -2.40. The summed E-state index contributed by atoms with van der Waals surface area (Å²) in [6.07, 6.45) is 1.04. The van der Waals surface area contributed by atoms with E-state index in [2.05, 4.69) is 5.32 Å². The van der Waals surface area contributed by atoms with Crippen LogP contribution in [0.3, 0.4) is 0 Å². The number of sulfonamides is 1. The number of ether oxygens (including phenoxy) is 2. The maximum absolute atomic E-state index is 12.4. The van der Waals surface area contributed by atoms with Gasteiger partial charge in [0.1, 0.15) is 6.54 Å². The quantitative estimate of drug-likeness (QED) is 0.701. The lowest BCUT2D eigenvalue weighted by atomic mass is 10.2. The molecule has 0 atom stereocenters. The molecule has 2 rings (SSSR count). The van der Waals surface area contributed by atoms with Crippen molar-refractivity contribution in [1.29, 1.82) is 0 Å². The topological polar surface area (TPSA) is 84.9 Å². The Kier molecular flexibility index (Phi) is 7.15. The van der Waals surface area contributed by atoms with Crippen molar-refractivity contribution in [2.75, 3.05) is 31.3 Å². The second-order valence-corrected chi connectivity index (χ2v) is 8.48. The van der Waals surface area contributed by atoms with Crippen LogP contribution in [0.15, 0.2) is 36.4 Å².